The summed E-state index contributed by atoms with van der Waals surface area (Å²) in [7, 11) is 1.71. The van der Waals surface area contributed by atoms with Crippen molar-refractivity contribution < 1.29 is 9.47 Å². The molecule has 0 N–H and O–H groups in total. The Hall–Kier alpha value is -2.53. The van der Waals surface area contributed by atoms with E-state index in [0.29, 0.717) is 0 Å². The molecule has 0 unspecified atom stereocenters. The first-order chi connectivity index (χ1) is 14.1. The predicted octanol–water partition coefficient (Wildman–Crippen LogP) is 4.36. The standard InChI is InChI=1S/C24H29N3O2/c1-4-26-12-10-24(11-13-26)27-22(20-14-17(2)8-9-23(20)29-24)16-21(25-27)18-6-5-7-19(15-18)28-3/h5-9,14-15,22H,4,10-13,16H2,1-3H3/t22-/m1/s1. The number of benzene rings is 2. The molecule has 3 aliphatic heterocycles. The molecule has 0 aromatic heterocycles. The van der Waals surface area contributed by atoms with E-state index in [9.17, 15) is 0 Å². The van der Waals surface area contributed by atoms with Crippen molar-refractivity contribution >= 4 is 5.71 Å². The summed E-state index contributed by atoms with van der Waals surface area (Å²) in [6.07, 6.45) is 2.84. The normalized spacial score (nSPS) is 22.7. The van der Waals surface area contributed by atoms with E-state index in [1.807, 2.05) is 12.1 Å². The summed E-state index contributed by atoms with van der Waals surface area (Å²) >= 11 is 0. The molecule has 0 saturated carbocycles. The third-order valence-corrected chi connectivity index (χ3v) is 6.64. The molecular formula is C24H29N3O2. The van der Waals surface area contributed by atoms with Gasteiger partial charge in [-0.05, 0) is 31.7 Å². The summed E-state index contributed by atoms with van der Waals surface area (Å²) in [6.45, 7) is 7.56. The third kappa shape index (κ3) is 3.08. The van der Waals surface area contributed by atoms with E-state index in [4.69, 9.17) is 14.6 Å². The molecule has 5 nitrogen and oxygen atoms in total. The van der Waals surface area contributed by atoms with E-state index >= 15 is 0 Å². The average molecular weight is 392 g/mol. The second-order valence-corrected chi connectivity index (χ2v) is 8.37. The Morgan fingerprint density at radius 3 is 2.76 bits per heavy atom. The van der Waals surface area contributed by atoms with Crippen LogP contribution in [0.2, 0.25) is 0 Å². The molecule has 3 aliphatic rings. The number of fused-ring (bicyclic) bond motifs is 4. The Morgan fingerprint density at radius 1 is 1.17 bits per heavy atom. The number of hydrazone groups is 1. The van der Waals surface area contributed by atoms with Crippen molar-refractivity contribution in [3.63, 3.8) is 0 Å². The monoisotopic (exact) mass is 391 g/mol. The van der Waals surface area contributed by atoms with Crippen LogP contribution in [0.4, 0.5) is 0 Å². The average Bonchev–Trinajstić information content (AvgIpc) is 3.22. The fraction of sp³-hybridized carbons (Fsp3) is 0.458. The highest BCUT2D eigenvalue weighted by molar-refractivity contribution is 6.02. The Bertz CT molecular complexity index is 947. The lowest BCUT2D eigenvalue weighted by molar-refractivity contribution is -0.149. The van der Waals surface area contributed by atoms with Gasteiger partial charge in [0.15, 0.2) is 0 Å². The minimum absolute atomic E-state index is 0.230. The van der Waals surface area contributed by atoms with Crippen LogP contribution in [0.3, 0.4) is 0 Å². The lowest BCUT2D eigenvalue weighted by Crippen LogP contribution is -2.59. The number of nitrogens with zero attached hydrogens (tertiary/aromatic N) is 3. The van der Waals surface area contributed by atoms with Gasteiger partial charge in [-0.25, -0.2) is 5.01 Å². The minimum Gasteiger partial charge on any atom is -0.497 e. The van der Waals surface area contributed by atoms with Gasteiger partial charge in [-0.15, -0.1) is 0 Å². The molecule has 2 aromatic carbocycles. The molecule has 1 spiro atoms. The van der Waals surface area contributed by atoms with E-state index in [-0.39, 0.29) is 11.8 Å². The van der Waals surface area contributed by atoms with Gasteiger partial charge in [-0.1, -0.05) is 36.8 Å². The molecule has 0 radical (unpaired) electrons. The Labute approximate surface area is 172 Å². The first-order valence-electron chi connectivity index (χ1n) is 10.6. The zero-order valence-electron chi connectivity index (χ0n) is 17.5. The van der Waals surface area contributed by atoms with Crippen LogP contribution in [0.25, 0.3) is 0 Å². The Kier molecular flexibility index (Phi) is 4.50. The first-order valence-corrected chi connectivity index (χ1v) is 10.6. The van der Waals surface area contributed by atoms with Crippen molar-refractivity contribution in [1.29, 1.82) is 0 Å². The SMILES string of the molecule is CCN1CCC2(CC1)Oc1ccc(C)cc1[C@H]1CC(c3cccc(OC)c3)=NN12. The molecule has 1 saturated heterocycles. The summed E-state index contributed by atoms with van der Waals surface area (Å²) in [5.74, 6) is 1.90. The summed E-state index contributed by atoms with van der Waals surface area (Å²) in [6, 6.07) is 15.0. The van der Waals surface area contributed by atoms with Crippen LogP contribution in [0.15, 0.2) is 47.6 Å². The van der Waals surface area contributed by atoms with Gasteiger partial charge in [0.25, 0.3) is 0 Å². The highest BCUT2D eigenvalue weighted by Crippen LogP contribution is 2.50. The Balaban J connectivity index is 1.56. The van der Waals surface area contributed by atoms with Crippen LogP contribution >= 0.6 is 0 Å². The van der Waals surface area contributed by atoms with Crippen molar-refractivity contribution in [2.24, 2.45) is 5.10 Å². The fourth-order valence-corrected chi connectivity index (χ4v) is 4.93. The van der Waals surface area contributed by atoms with Crippen molar-refractivity contribution in [2.75, 3.05) is 26.7 Å². The van der Waals surface area contributed by atoms with Crippen LogP contribution in [0.1, 0.15) is 48.9 Å². The molecule has 0 aliphatic carbocycles. The van der Waals surface area contributed by atoms with Crippen molar-refractivity contribution in [1.82, 2.24) is 9.91 Å². The van der Waals surface area contributed by atoms with Gasteiger partial charge in [0.2, 0.25) is 5.72 Å². The molecule has 1 atom stereocenters. The molecule has 0 bridgehead atoms. The highest BCUT2D eigenvalue weighted by atomic mass is 16.5. The first kappa shape index (κ1) is 18.5. The number of hydrogen-bond acceptors (Lipinski definition) is 5. The maximum atomic E-state index is 6.72. The van der Waals surface area contributed by atoms with Crippen molar-refractivity contribution in [3.05, 3.63) is 59.2 Å². The molecule has 2 aromatic rings. The van der Waals surface area contributed by atoms with Crippen LogP contribution in [-0.2, 0) is 0 Å². The maximum Gasteiger partial charge on any atom is 0.200 e. The van der Waals surface area contributed by atoms with Crippen molar-refractivity contribution in [2.45, 2.75) is 44.9 Å². The van der Waals surface area contributed by atoms with Gasteiger partial charge in [0.05, 0.1) is 18.9 Å². The zero-order valence-corrected chi connectivity index (χ0v) is 17.5. The van der Waals surface area contributed by atoms with Gasteiger partial charge in [0.1, 0.15) is 11.5 Å². The van der Waals surface area contributed by atoms with Gasteiger partial charge < -0.3 is 14.4 Å². The maximum absolute atomic E-state index is 6.72. The summed E-state index contributed by atoms with van der Waals surface area (Å²) in [5, 5.41) is 7.45. The van der Waals surface area contributed by atoms with E-state index in [1.165, 1.54) is 11.1 Å². The molecule has 29 heavy (non-hydrogen) atoms. The largest absolute Gasteiger partial charge is 0.497 e. The molecule has 1 fully saturated rings. The van der Waals surface area contributed by atoms with Gasteiger partial charge in [0, 0.05) is 43.5 Å². The lowest BCUT2D eigenvalue weighted by atomic mass is 9.90. The predicted molar refractivity (Wildman–Crippen MR) is 115 cm³/mol. The topological polar surface area (TPSA) is 37.3 Å². The van der Waals surface area contributed by atoms with Crippen LogP contribution in [0.5, 0.6) is 11.5 Å². The molecule has 5 rings (SSSR count). The molecular weight excluding hydrogens is 362 g/mol. The summed E-state index contributed by atoms with van der Waals surface area (Å²) in [4.78, 5) is 2.50. The van der Waals surface area contributed by atoms with Gasteiger partial charge in [-0.2, -0.15) is 5.10 Å². The van der Waals surface area contributed by atoms with E-state index in [2.05, 4.69) is 54.1 Å². The quantitative estimate of drug-likeness (QED) is 0.779. The van der Waals surface area contributed by atoms with Crippen LogP contribution < -0.4 is 9.47 Å². The van der Waals surface area contributed by atoms with E-state index in [0.717, 1.165) is 61.7 Å². The van der Waals surface area contributed by atoms with E-state index in [1.54, 1.807) is 7.11 Å². The fourth-order valence-electron chi connectivity index (χ4n) is 4.93. The summed E-state index contributed by atoms with van der Waals surface area (Å²) < 4.78 is 12.2. The number of ether oxygens (including phenoxy) is 2. The molecule has 152 valence electrons. The number of rotatable bonds is 3. The molecule has 5 heteroatoms. The minimum atomic E-state index is -0.348. The third-order valence-electron chi connectivity index (χ3n) is 6.64. The van der Waals surface area contributed by atoms with Gasteiger partial charge in [-0.3, -0.25) is 0 Å². The smallest absolute Gasteiger partial charge is 0.200 e. The van der Waals surface area contributed by atoms with Crippen molar-refractivity contribution in [3.8, 4) is 11.5 Å². The van der Waals surface area contributed by atoms with Gasteiger partial charge >= 0.3 is 0 Å². The molecule has 3 heterocycles. The lowest BCUT2D eigenvalue weighted by Gasteiger charge is -2.51. The summed E-state index contributed by atoms with van der Waals surface area (Å²) in [5.41, 5.74) is 4.42. The number of aryl methyl sites for hydroxylation is 1. The number of likely N-dealkylation sites (tertiary alicyclic amines) is 1. The van der Waals surface area contributed by atoms with E-state index < -0.39 is 0 Å². The second-order valence-electron chi connectivity index (χ2n) is 8.37. The molecule has 0 amide bonds. The van der Waals surface area contributed by atoms with Crippen LogP contribution in [-0.4, -0.2) is 48.1 Å². The second kappa shape index (κ2) is 7.06. The highest BCUT2D eigenvalue weighted by Gasteiger charge is 2.51. The number of piperidine rings is 1. The zero-order chi connectivity index (χ0) is 20.0. The number of methoxy groups -OCH3 is 1. The van der Waals surface area contributed by atoms with Crippen LogP contribution in [0, 0.1) is 6.92 Å². The Morgan fingerprint density at radius 2 is 2.00 bits per heavy atom. The number of hydrogen-bond donors (Lipinski definition) is 0.